The number of nitrogens with zero attached hydrogens (tertiary/aromatic N) is 2. The van der Waals surface area contributed by atoms with Crippen molar-refractivity contribution in [1.82, 2.24) is 20.4 Å². The summed E-state index contributed by atoms with van der Waals surface area (Å²) in [7, 11) is 2.09. The molecule has 1 fully saturated rings. The summed E-state index contributed by atoms with van der Waals surface area (Å²) in [5.41, 5.74) is 4.18. The Morgan fingerprint density at radius 3 is 2.79 bits per heavy atom. The van der Waals surface area contributed by atoms with E-state index in [-0.39, 0.29) is 24.1 Å². The minimum atomic E-state index is -0.568. The van der Waals surface area contributed by atoms with Crippen molar-refractivity contribution in [2.75, 3.05) is 20.1 Å². The predicted molar refractivity (Wildman–Crippen MR) is 104 cm³/mol. The lowest BCUT2D eigenvalue weighted by atomic mass is 10.0. The summed E-state index contributed by atoms with van der Waals surface area (Å²) in [5.74, 6) is -0.750. The van der Waals surface area contributed by atoms with Gasteiger partial charge in [0.05, 0.1) is 0 Å². The van der Waals surface area contributed by atoms with Gasteiger partial charge in [0.15, 0.2) is 0 Å². The first-order chi connectivity index (χ1) is 13.5. The van der Waals surface area contributed by atoms with Crippen LogP contribution in [-0.2, 0) is 22.7 Å². The highest BCUT2D eigenvalue weighted by molar-refractivity contribution is 6.05. The number of imide groups is 1. The molecule has 1 atom stereocenters. The van der Waals surface area contributed by atoms with E-state index in [0.29, 0.717) is 18.5 Å². The van der Waals surface area contributed by atoms with Crippen molar-refractivity contribution in [2.45, 2.75) is 44.8 Å². The number of nitrogens with one attached hydrogen (secondary N) is 2. The summed E-state index contributed by atoms with van der Waals surface area (Å²) in [6, 6.07) is 5.24. The zero-order valence-electron chi connectivity index (χ0n) is 16.2. The highest BCUT2D eigenvalue weighted by Gasteiger charge is 2.39. The quantitative estimate of drug-likeness (QED) is 0.747. The SMILES string of the molecule is CN(CC1=CNCCC1)Cc1cccc2c1CN(C1CCC(=O)NC1=O)C2=O. The van der Waals surface area contributed by atoms with Crippen molar-refractivity contribution in [3.8, 4) is 0 Å². The van der Waals surface area contributed by atoms with E-state index in [9.17, 15) is 14.4 Å². The Labute approximate surface area is 164 Å². The molecule has 0 spiro atoms. The molecule has 4 rings (SSSR count). The standard InChI is InChI=1S/C21H26N4O3/c1-24(11-14-4-3-9-22-10-14)12-15-5-2-6-16-17(15)13-25(21(16)28)18-7-8-19(26)23-20(18)27/h2,5-6,10,18,22H,3-4,7-9,11-13H2,1H3,(H,23,26,27). The molecule has 3 aliphatic heterocycles. The Balaban J connectivity index is 1.49. The molecule has 0 bridgehead atoms. The minimum Gasteiger partial charge on any atom is -0.391 e. The molecule has 0 aliphatic carbocycles. The van der Waals surface area contributed by atoms with Crippen LogP contribution in [0.2, 0.25) is 0 Å². The molecule has 3 amide bonds. The second-order valence-corrected chi connectivity index (χ2v) is 7.88. The number of likely N-dealkylation sites (N-methyl/N-ethyl adjacent to an activating group) is 1. The molecular weight excluding hydrogens is 356 g/mol. The summed E-state index contributed by atoms with van der Waals surface area (Å²) >= 11 is 0. The molecule has 7 heteroatoms. The molecular formula is C21H26N4O3. The third-order valence-corrected chi connectivity index (χ3v) is 5.72. The zero-order valence-corrected chi connectivity index (χ0v) is 16.2. The summed E-state index contributed by atoms with van der Waals surface area (Å²) in [5, 5.41) is 5.65. The van der Waals surface area contributed by atoms with Crippen LogP contribution in [0.25, 0.3) is 0 Å². The van der Waals surface area contributed by atoms with E-state index in [1.54, 1.807) is 4.90 Å². The number of carbonyl (C=O) groups is 3. The lowest BCUT2D eigenvalue weighted by Gasteiger charge is -2.29. The molecule has 28 heavy (non-hydrogen) atoms. The summed E-state index contributed by atoms with van der Waals surface area (Å²) in [6.45, 7) is 3.10. The zero-order chi connectivity index (χ0) is 19.7. The smallest absolute Gasteiger partial charge is 0.255 e. The molecule has 3 aliphatic rings. The van der Waals surface area contributed by atoms with Crippen LogP contribution in [0.15, 0.2) is 30.0 Å². The fourth-order valence-corrected chi connectivity index (χ4v) is 4.32. The van der Waals surface area contributed by atoms with Gasteiger partial charge in [-0.15, -0.1) is 0 Å². The molecule has 1 aromatic carbocycles. The van der Waals surface area contributed by atoms with Gasteiger partial charge in [0.25, 0.3) is 5.91 Å². The first kappa shape index (κ1) is 18.7. The average molecular weight is 382 g/mol. The number of benzene rings is 1. The van der Waals surface area contributed by atoms with Gasteiger partial charge in [-0.25, -0.2) is 0 Å². The molecule has 3 heterocycles. The van der Waals surface area contributed by atoms with Gasteiger partial charge in [-0.3, -0.25) is 24.6 Å². The second-order valence-electron chi connectivity index (χ2n) is 7.88. The monoisotopic (exact) mass is 382 g/mol. The Hall–Kier alpha value is -2.67. The maximum atomic E-state index is 12.9. The first-order valence-corrected chi connectivity index (χ1v) is 9.88. The van der Waals surface area contributed by atoms with Crippen molar-refractivity contribution in [1.29, 1.82) is 0 Å². The normalized spacial score (nSPS) is 22.1. The van der Waals surface area contributed by atoms with Crippen LogP contribution in [0.5, 0.6) is 0 Å². The van der Waals surface area contributed by atoms with Gasteiger partial charge in [-0.2, -0.15) is 0 Å². The fraction of sp³-hybridized carbons (Fsp3) is 0.476. The molecule has 1 aromatic rings. The van der Waals surface area contributed by atoms with Crippen molar-refractivity contribution < 1.29 is 14.4 Å². The Morgan fingerprint density at radius 2 is 2.04 bits per heavy atom. The van der Waals surface area contributed by atoms with Crippen molar-refractivity contribution in [3.63, 3.8) is 0 Å². The van der Waals surface area contributed by atoms with Gasteiger partial charge in [-0.05, 0) is 55.3 Å². The van der Waals surface area contributed by atoms with Gasteiger partial charge in [0.2, 0.25) is 11.8 Å². The van der Waals surface area contributed by atoms with Crippen molar-refractivity contribution >= 4 is 17.7 Å². The van der Waals surface area contributed by atoms with Gasteiger partial charge in [0.1, 0.15) is 6.04 Å². The van der Waals surface area contributed by atoms with Crippen molar-refractivity contribution in [3.05, 3.63) is 46.7 Å². The second kappa shape index (κ2) is 7.75. The van der Waals surface area contributed by atoms with Crippen molar-refractivity contribution in [2.24, 2.45) is 0 Å². The molecule has 7 nitrogen and oxygen atoms in total. The molecule has 0 saturated carbocycles. The number of carbonyl (C=O) groups excluding carboxylic acids is 3. The van der Waals surface area contributed by atoms with Crippen LogP contribution in [0, 0.1) is 0 Å². The number of fused-ring (bicyclic) bond motifs is 1. The van der Waals surface area contributed by atoms with Gasteiger partial charge < -0.3 is 10.2 Å². The molecule has 1 unspecified atom stereocenters. The molecule has 0 aromatic heterocycles. The Kier molecular flexibility index (Phi) is 5.17. The lowest BCUT2D eigenvalue weighted by Crippen LogP contribution is -2.52. The summed E-state index contributed by atoms with van der Waals surface area (Å²) < 4.78 is 0. The van der Waals surface area contributed by atoms with Gasteiger partial charge in [0, 0.05) is 38.2 Å². The third-order valence-electron chi connectivity index (χ3n) is 5.72. The molecule has 2 N–H and O–H groups in total. The van der Waals surface area contributed by atoms with E-state index in [1.165, 1.54) is 5.57 Å². The van der Waals surface area contributed by atoms with Crippen LogP contribution >= 0.6 is 0 Å². The highest BCUT2D eigenvalue weighted by atomic mass is 16.2. The van der Waals surface area contributed by atoms with E-state index in [4.69, 9.17) is 0 Å². The first-order valence-electron chi connectivity index (χ1n) is 9.88. The average Bonchev–Trinajstić information content (AvgIpc) is 3.00. The maximum Gasteiger partial charge on any atom is 0.255 e. The van der Waals surface area contributed by atoms with E-state index in [1.807, 2.05) is 12.1 Å². The fourth-order valence-electron chi connectivity index (χ4n) is 4.32. The number of piperidine rings is 1. The van der Waals surface area contributed by atoms with E-state index in [0.717, 1.165) is 43.6 Å². The number of hydrogen-bond donors (Lipinski definition) is 2. The van der Waals surface area contributed by atoms with Crippen LogP contribution in [0.4, 0.5) is 0 Å². The predicted octanol–water partition coefficient (Wildman–Crippen LogP) is 1.15. The minimum absolute atomic E-state index is 0.117. The topological polar surface area (TPSA) is 81.8 Å². The Morgan fingerprint density at radius 1 is 1.18 bits per heavy atom. The third kappa shape index (κ3) is 3.67. The van der Waals surface area contributed by atoms with E-state index in [2.05, 4.69) is 34.8 Å². The highest BCUT2D eigenvalue weighted by Crippen LogP contribution is 2.30. The van der Waals surface area contributed by atoms with E-state index >= 15 is 0 Å². The summed E-state index contributed by atoms with van der Waals surface area (Å²) in [4.78, 5) is 40.4. The van der Waals surface area contributed by atoms with E-state index < -0.39 is 6.04 Å². The van der Waals surface area contributed by atoms with Gasteiger partial charge >= 0.3 is 0 Å². The lowest BCUT2D eigenvalue weighted by molar-refractivity contribution is -0.136. The van der Waals surface area contributed by atoms with Crippen LogP contribution < -0.4 is 10.6 Å². The molecule has 1 saturated heterocycles. The largest absolute Gasteiger partial charge is 0.391 e. The number of hydrogen-bond acceptors (Lipinski definition) is 5. The van der Waals surface area contributed by atoms with Crippen LogP contribution in [-0.4, -0.2) is 53.7 Å². The van der Waals surface area contributed by atoms with Crippen LogP contribution in [0.3, 0.4) is 0 Å². The maximum absolute atomic E-state index is 12.9. The Bertz CT molecular complexity index is 848. The molecule has 148 valence electrons. The molecule has 0 radical (unpaired) electrons. The number of amides is 3. The summed E-state index contributed by atoms with van der Waals surface area (Å²) in [6.07, 6.45) is 5.06. The number of rotatable bonds is 5. The van der Waals surface area contributed by atoms with Gasteiger partial charge in [-0.1, -0.05) is 12.1 Å². The van der Waals surface area contributed by atoms with Crippen LogP contribution in [0.1, 0.15) is 47.2 Å².